The fourth-order valence-electron chi connectivity index (χ4n) is 3.26. The molecule has 2 aliphatic carbocycles. The quantitative estimate of drug-likeness (QED) is 0.740. The SMILES string of the molecule is CC(C)[C@]1(O)CC[C@@H](C)[C@@H]2CCC(=O)C=C21. The standard InChI is InChI=1S/C14H22O2/c1-9(2)14(16)7-6-10(3)12-5-4-11(15)8-13(12)14/h8-10,12,16H,4-7H2,1-3H3/t10-,12+,14-/m1/s1. The molecule has 1 N–H and O–H groups in total. The predicted octanol–water partition coefficient (Wildman–Crippen LogP) is 2.71. The van der Waals surface area contributed by atoms with Gasteiger partial charge in [0.25, 0.3) is 0 Å². The van der Waals surface area contributed by atoms with Crippen molar-refractivity contribution in [3.05, 3.63) is 11.6 Å². The zero-order chi connectivity index (χ0) is 11.9. The Morgan fingerprint density at radius 3 is 2.75 bits per heavy atom. The van der Waals surface area contributed by atoms with Crippen LogP contribution in [0.1, 0.15) is 46.5 Å². The van der Waals surface area contributed by atoms with Crippen LogP contribution in [0.25, 0.3) is 0 Å². The third kappa shape index (κ3) is 1.73. The van der Waals surface area contributed by atoms with Gasteiger partial charge >= 0.3 is 0 Å². The van der Waals surface area contributed by atoms with Gasteiger partial charge in [-0.2, -0.15) is 0 Å². The summed E-state index contributed by atoms with van der Waals surface area (Å²) in [5.74, 6) is 1.43. The van der Waals surface area contributed by atoms with Gasteiger partial charge in [0, 0.05) is 6.42 Å². The second-order valence-electron chi connectivity index (χ2n) is 5.81. The monoisotopic (exact) mass is 222 g/mol. The van der Waals surface area contributed by atoms with Crippen LogP contribution in [0.3, 0.4) is 0 Å². The molecular weight excluding hydrogens is 200 g/mol. The van der Waals surface area contributed by atoms with E-state index in [2.05, 4.69) is 6.92 Å². The lowest BCUT2D eigenvalue weighted by Crippen LogP contribution is -2.46. The van der Waals surface area contributed by atoms with Crippen LogP contribution < -0.4 is 0 Å². The zero-order valence-corrected chi connectivity index (χ0v) is 10.5. The van der Waals surface area contributed by atoms with E-state index in [1.165, 1.54) is 0 Å². The highest BCUT2D eigenvalue weighted by molar-refractivity contribution is 5.91. The highest BCUT2D eigenvalue weighted by atomic mass is 16.3. The first-order valence-corrected chi connectivity index (χ1v) is 6.42. The molecule has 2 rings (SSSR count). The lowest BCUT2D eigenvalue weighted by atomic mass is 9.61. The van der Waals surface area contributed by atoms with Gasteiger partial charge in [-0.1, -0.05) is 20.8 Å². The number of hydrogen-bond acceptors (Lipinski definition) is 2. The molecule has 0 aliphatic heterocycles. The third-order valence-corrected chi connectivity index (χ3v) is 4.54. The first kappa shape index (κ1) is 11.8. The molecule has 1 saturated carbocycles. The molecular formula is C14H22O2. The maximum Gasteiger partial charge on any atom is 0.155 e. The van der Waals surface area contributed by atoms with E-state index in [4.69, 9.17) is 0 Å². The zero-order valence-electron chi connectivity index (χ0n) is 10.5. The second kappa shape index (κ2) is 3.99. The van der Waals surface area contributed by atoms with E-state index < -0.39 is 5.60 Å². The molecule has 0 heterocycles. The molecule has 90 valence electrons. The molecule has 0 amide bonds. The van der Waals surface area contributed by atoms with Gasteiger partial charge in [-0.15, -0.1) is 0 Å². The summed E-state index contributed by atoms with van der Waals surface area (Å²) in [7, 11) is 0. The minimum Gasteiger partial charge on any atom is -0.385 e. The lowest BCUT2D eigenvalue weighted by molar-refractivity contribution is -0.116. The molecule has 3 atom stereocenters. The van der Waals surface area contributed by atoms with E-state index in [1.54, 1.807) is 6.08 Å². The molecule has 0 aromatic heterocycles. The van der Waals surface area contributed by atoms with Gasteiger partial charge in [-0.05, 0) is 48.7 Å². The van der Waals surface area contributed by atoms with E-state index in [9.17, 15) is 9.90 Å². The van der Waals surface area contributed by atoms with Crippen molar-refractivity contribution < 1.29 is 9.90 Å². The molecule has 0 saturated heterocycles. The molecule has 0 aromatic carbocycles. The molecule has 0 unspecified atom stereocenters. The average molecular weight is 222 g/mol. The molecule has 0 bridgehead atoms. The first-order valence-electron chi connectivity index (χ1n) is 6.42. The number of carbonyl (C=O) groups is 1. The van der Waals surface area contributed by atoms with Gasteiger partial charge in [0.15, 0.2) is 5.78 Å². The van der Waals surface area contributed by atoms with Crippen LogP contribution >= 0.6 is 0 Å². The molecule has 2 aliphatic rings. The Labute approximate surface area is 97.7 Å². The van der Waals surface area contributed by atoms with Crippen LogP contribution in [0.2, 0.25) is 0 Å². The Balaban J connectivity index is 2.40. The van der Waals surface area contributed by atoms with Crippen LogP contribution in [0, 0.1) is 17.8 Å². The lowest BCUT2D eigenvalue weighted by Gasteiger charge is -2.47. The largest absolute Gasteiger partial charge is 0.385 e. The van der Waals surface area contributed by atoms with Gasteiger partial charge in [-0.3, -0.25) is 4.79 Å². The summed E-state index contributed by atoms with van der Waals surface area (Å²) >= 11 is 0. The maximum absolute atomic E-state index is 11.5. The summed E-state index contributed by atoms with van der Waals surface area (Å²) in [5, 5.41) is 10.8. The smallest absolute Gasteiger partial charge is 0.155 e. The van der Waals surface area contributed by atoms with Gasteiger partial charge < -0.3 is 5.11 Å². The fourth-order valence-corrected chi connectivity index (χ4v) is 3.26. The maximum atomic E-state index is 11.5. The summed E-state index contributed by atoms with van der Waals surface area (Å²) in [6, 6.07) is 0. The first-order chi connectivity index (χ1) is 7.45. The Hall–Kier alpha value is -0.630. The number of rotatable bonds is 1. The topological polar surface area (TPSA) is 37.3 Å². The minimum absolute atomic E-state index is 0.194. The summed E-state index contributed by atoms with van der Waals surface area (Å²) < 4.78 is 0. The van der Waals surface area contributed by atoms with E-state index in [-0.39, 0.29) is 11.7 Å². The molecule has 16 heavy (non-hydrogen) atoms. The summed E-state index contributed by atoms with van der Waals surface area (Å²) in [6.45, 7) is 6.34. The van der Waals surface area contributed by atoms with Crippen molar-refractivity contribution in [3.63, 3.8) is 0 Å². The van der Waals surface area contributed by atoms with Gasteiger partial charge in [0.2, 0.25) is 0 Å². The molecule has 0 radical (unpaired) electrons. The number of carbonyl (C=O) groups excluding carboxylic acids is 1. The highest BCUT2D eigenvalue weighted by Gasteiger charge is 2.45. The summed E-state index contributed by atoms with van der Waals surface area (Å²) in [5.41, 5.74) is 0.297. The van der Waals surface area contributed by atoms with Crippen molar-refractivity contribution in [2.45, 2.75) is 52.1 Å². The number of allylic oxidation sites excluding steroid dienone is 1. The van der Waals surface area contributed by atoms with E-state index in [0.717, 1.165) is 24.8 Å². The molecule has 2 heteroatoms. The van der Waals surface area contributed by atoms with E-state index >= 15 is 0 Å². The average Bonchev–Trinajstić information content (AvgIpc) is 2.23. The van der Waals surface area contributed by atoms with Crippen molar-refractivity contribution in [3.8, 4) is 0 Å². The molecule has 1 fully saturated rings. The fraction of sp³-hybridized carbons (Fsp3) is 0.786. The number of hydrogen-bond donors (Lipinski definition) is 1. The van der Waals surface area contributed by atoms with Gasteiger partial charge in [0.05, 0.1) is 5.60 Å². The van der Waals surface area contributed by atoms with Crippen LogP contribution in [-0.2, 0) is 4.79 Å². The van der Waals surface area contributed by atoms with Crippen LogP contribution in [0.5, 0.6) is 0 Å². The van der Waals surface area contributed by atoms with Crippen molar-refractivity contribution in [2.75, 3.05) is 0 Å². The molecule has 2 nitrogen and oxygen atoms in total. The summed E-state index contributed by atoms with van der Waals surface area (Å²) in [6.07, 6.45) is 5.21. The van der Waals surface area contributed by atoms with Crippen molar-refractivity contribution in [1.82, 2.24) is 0 Å². The Bertz CT molecular complexity index is 330. The third-order valence-electron chi connectivity index (χ3n) is 4.54. The molecule has 0 spiro atoms. The van der Waals surface area contributed by atoms with Gasteiger partial charge in [0.1, 0.15) is 0 Å². The van der Waals surface area contributed by atoms with Crippen molar-refractivity contribution in [2.24, 2.45) is 17.8 Å². The van der Waals surface area contributed by atoms with Crippen molar-refractivity contribution in [1.29, 1.82) is 0 Å². The number of fused-ring (bicyclic) bond motifs is 1. The van der Waals surface area contributed by atoms with Crippen LogP contribution in [-0.4, -0.2) is 16.5 Å². The normalized spacial score (nSPS) is 39.6. The van der Waals surface area contributed by atoms with E-state index in [1.807, 2.05) is 13.8 Å². The summed E-state index contributed by atoms with van der Waals surface area (Å²) in [4.78, 5) is 11.5. The van der Waals surface area contributed by atoms with E-state index in [0.29, 0.717) is 18.3 Å². The Morgan fingerprint density at radius 1 is 1.44 bits per heavy atom. The van der Waals surface area contributed by atoms with Crippen molar-refractivity contribution >= 4 is 5.78 Å². The second-order valence-corrected chi connectivity index (χ2v) is 5.81. The number of ketones is 1. The number of aliphatic hydroxyl groups is 1. The highest BCUT2D eigenvalue weighted by Crippen LogP contribution is 2.47. The molecule has 0 aromatic rings. The van der Waals surface area contributed by atoms with Gasteiger partial charge in [-0.25, -0.2) is 0 Å². The van der Waals surface area contributed by atoms with Crippen LogP contribution in [0.15, 0.2) is 11.6 Å². The Kier molecular flexibility index (Phi) is 2.95. The van der Waals surface area contributed by atoms with Crippen LogP contribution in [0.4, 0.5) is 0 Å². The minimum atomic E-state index is -0.729. The predicted molar refractivity (Wildman–Crippen MR) is 64.0 cm³/mol. The Morgan fingerprint density at radius 2 is 2.12 bits per heavy atom.